The topological polar surface area (TPSA) is 71.0 Å². The number of amidine groups is 1. The van der Waals surface area contributed by atoms with Gasteiger partial charge in [-0.05, 0) is 24.8 Å². The SMILES string of the molecule is C=CCOC(=O)C1=C(C)N=C2SC=C(CC(=O)NCC)N2C1c1ccccc1. The molecule has 6 nitrogen and oxygen atoms in total. The number of carbonyl (C=O) groups excluding carboxylic acids is 2. The molecule has 1 unspecified atom stereocenters. The maximum absolute atomic E-state index is 12.8. The number of hydrogen-bond acceptors (Lipinski definition) is 6. The number of esters is 1. The lowest BCUT2D eigenvalue weighted by molar-refractivity contribution is -0.138. The van der Waals surface area contributed by atoms with Gasteiger partial charge in [0.15, 0.2) is 5.17 Å². The molecule has 1 aromatic rings. The standard InChI is InChI=1S/C21H23N3O3S/c1-4-11-27-20(26)18-14(3)23-21-24(19(18)15-9-7-6-8-10-15)16(13-28-21)12-17(25)22-5-2/h4,6-10,13,19H,1,5,11-12H2,2-3H3,(H,22,25). The normalized spacial score (nSPS) is 18.2. The Morgan fingerprint density at radius 2 is 2.11 bits per heavy atom. The maximum Gasteiger partial charge on any atom is 0.338 e. The first-order valence-electron chi connectivity index (χ1n) is 9.10. The first-order chi connectivity index (χ1) is 13.6. The highest BCUT2D eigenvalue weighted by atomic mass is 32.2. The zero-order valence-electron chi connectivity index (χ0n) is 16.0. The van der Waals surface area contributed by atoms with Crippen molar-refractivity contribution in [1.82, 2.24) is 10.2 Å². The lowest BCUT2D eigenvalue weighted by Crippen LogP contribution is -2.38. The predicted molar refractivity (Wildman–Crippen MR) is 111 cm³/mol. The van der Waals surface area contributed by atoms with E-state index in [2.05, 4.69) is 16.9 Å². The van der Waals surface area contributed by atoms with Crippen molar-refractivity contribution in [2.45, 2.75) is 26.3 Å². The number of fused-ring (bicyclic) bond motifs is 1. The molecule has 0 spiro atoms. The van der Waals surface area contributed by atoms with Gasteiger partial charge in [0.25, 0.3) is 0 Å². The number of nitrogens with one attached hydrogen (secondary N) is 1. The molecule has 2 heterocycles. The third kappa shape index (κ3) is 4.04. The van der Waals surface area contributed by atoms with E-state index < -0.39 is 12.0 Å². The largest absolute Gasteiger partial charge is 0.458 e. The molecule has 7 heteroatoms. The summed E-state index contributed by atoms with van der Waals surface area (Å²) in [5.74, 6) is -0.493. The number of hydrogen-bond donors (Lipinski definition) is 1. The van der Waals surface area contributed by atoms with Crippen LogP contribution in [0.25, 0.3) is 0 Å². The van der Waals surface area contributed by atoms with Gasteiger partial charge in [0, 0.05) is 12.2 Å². The number of allylic oxidation sites excluding steroid dienone is 1. The second-order valence-electron chi connectivity index (χ2n) is 6.32. The van der Waals surface area contributed by atoms with Crippen LogP contribution in [0.4, 0.5) is 0 Å². The molecular formula is C21H23N3O3S. The fourth-order valence-corrected chi connectivity index (χ4v) is 4.18. The summed E-state index contributed by atoms with van der Waals surface area (Å²) in [6, 6.07) is 9.32. The van der Waals surface area contributed by atoms with Gasteiger partial charge < -0.3 is 15.0 Å². The van der Waals surface area contributed by atoms with Crippen LogP contribution in [0, 0.1) is 0 Å². The van der Waals surface area contributed by atoms with E-state index in [4.69, 9.17) is 4.74 Å². The summed E-state index contributed by atoms with van der Waals surface area (Å²) in [5, 5.41) is 5.50. The Labute approximate surface area is 169 Å². The van der Waals surface area contributed by atoms with E-state index in [0.717, 1.165) is 16.4 Å². The molecule has 0 bridgehead atoms. The minimum atomic E-state index is -0.427. The minimum absolute atomic E-state index is 0.0653. The van der Waals surface area contributed by atoms with E-state index >= 15 is 0 Å². The van der Waals surface area contributed by atoms with Gasteiger partial charge in [0.1, 0.15) is 6.61 Å². The molecule has 0 aliphatic carbocycles. The van der Waals surface area contributed by atoms with Gasteiger partial charge in [-0.25, -0.2) is 9.79 Å². The number of carbonyl (C=O) groups is 2. The molecule has 146 valence electrons. The fourth-order valence-electron chi connectivity index (χ4n) is 3.22. The number of thioether (sulfide) groups is 1. The Kier molecular flexibility index (Phi) is 6.36. The quantitative estimate of drug-likeness (QED) is 0.563. The van der Waals surface area contributed by atoms with Crippen LogP contribution >= 0.6 is 11.8 Å². The van der Waals surface area contributed by atoms with Gasteiger partial charge in [0.05, 0.1) is 23.7 Å². The summed E-state index contributed by atoms with van der Waals surface area (Å²) in [5.41, 5.74) is 2.84. The van der Waals surface area contributed by atoms with Crippen LogP contribution in [0.2, 0.25) is 0 Å². The average molecular weight is 398 g/mol. The van der Waals surface area contributed by atoms with Crippen LogP contribution in [0.3, 0.4) is 0 Å². The van der Waals surface area contributed by atoms with Crippen molar-refractivity contribution >= 4 is 28.8 Å². The number of benzene rings is 1. The van der Waals surface area contributed by atoms with Gasteiger partial charge in [-0.1, -0.05) is 54.7 Å². The fraction of sp³-hybridized carbons (Fsp3) is 0.286. The number of rotatable bonds is 7. The molecule has 0 aromatic heterocycles. The second kappa shape index (κ2) is 8.93. The average Bonchev–Trinajstić information content (AvgIpc) is 3.07. The Hall–Kier alpha value is -2.80. The number of nitrogens with zero attached hydrogens (tertiary/aromatic N) is 2. The van der Waals surface area contributed by atoms with E-state index in [-0.39, 0.29) is 18.9 Å². The van der Waals surface area contributed by atoms with Crippen molar-refractivity contribution in [3.63, 3.8) is 0 Å². The van der Waals surface area contributed by atoms with Gasteiger partial charge in [-0.15, -0.1) is 0 Å². The Bertz CT molecular complexity index is 874. The van der Waals surface area contributed by atoms with E-state index in [1.165, 1.54) is 17.8 Å². The van der Waals surface area contributed by atoms with E-state index in [9.17, 15) is 9.59 Å². The van der Waals surface area contributed by atoms with Crippen molar-refractivity contribution in [3.05, 3.63) is 70.9 Å². The first kappa shape index (κ1) is 19.9. The lowest BCUT2D eigenvalue weighted by atomic mass is 9.94. The van der Waals surface area contributed by atoms with Crippen molar-refractivity contribution in [1.29, 1.82) is 0 Å². The molecule has 2 aliphatic heterocycles. The Morgan fingerprint density at radius 1 is 1.36 bits per heavy atom. The van der Waals surface area contributed by atoms with E-state index in [1.54, 1.807) is 0 Å². The summed E-state index contributed by atoms with van der Waals surface area (Å²) < 4.78 is 5.34. The minimum Gasteiger partial charge on any atom is -0.458 e. The third-order valence-electron chi connectivity index (χ3n) is 4.38. The molecule has 28 heavy (non-hydrogen) atoms. The van der Waals surface area contributed by atoms with Gasteiger partial charge >= 0.3 is 5.97 Å². The number of aliphatic imine (C=N–C) groups is 1. The van der Waals surface area contributed by atoms with Crippen LogP contribution in [0.1, 0.15) is 31.9 Å². The van der Waals surface area contributed by atoms with Gasteiger partial charge in [0.2, 0.25) is 5.91 Å². The molecule has 1 amide bonds. The molecule has 0 radical (unpaired) electrons. The third-order valence-corrected chi connectivity index (χ3v) is 5.27. The molecular weight excluding hydrogens is 374 g/mol. The molecule has 3 rings (SSSR count). The number of ether oxygens (including phenoxy) is 1. The van der Waals surface area contributed by atoms with Crippen molar-refractivity contribution in [3.8, 4) is 0 Å². The van der Waals surface area contributed by atoms with Crippen LogP contribution < -0.4 is 5.32 Å². The van der Waals surface area contributed by atoms with Crippen LogP contribution in [-0.4, -0.2) is 35.1 Å². The highest BCUT2D eigenvalue weighted by Crippen LogP contribution is 2.44. The smallest absolute Gasteiger partial charge is 0.338 e. The van der Waals surface area contributed by atoms with Gasteiger partial charge in [-0.3, -0.25) is 4.79 Å². The maximum atomic E-state index is 12.8. The van der Waals surface area contributed by atoms with Crippen molar-refractivity contribution < 1.29 is 14.3 Å². The highest BCUT2D eigenvalue weighted by Gasteiger charge is 2.40. The zero-order valence-corrected chi connectivity index (χ0v) is 16.8. The molecule has 0 saturated carbocycles. The molecule has 0 saturated heterocycles. The Morgan fingerprint density at radius 3 is 2.79 bits per heavy atom. The molecule has 0 fully saturated rings. The molecule has 1 aromatic carbocycles. The summed E-state index contributed by atoms with van der Waals surface area (Å²) in [6.07, 6.45) is 1.76. The summed E-state index contributed by atoms with van der Waals surface area (Å²) in [7, 11) is 0. The van der Waals surface area contributed by atoms with Crippen LogP contribution in [0.5, 0.6) is 0 Å². The zero-order chi connectivity index (χ0) is 20.1. The van der Waals surface area contributed by atoms with E-state index in [0.29, 0.717) is 17.8 Å². The first-order valence-corrected chi connectivity index (χ1v) is 9.98. The molecule has 1 N–H and O–H groups in total. The lowest BCUT2D eigenvalue weighted by Gasteiger charge is -2.36. The summed E-state index contributed by atoms with van der Waals surface area (Å²) in [6.45, 7) is 8.00. The highest BCUT2D eigenvalue weighted by molar-refractivity contribution is 8.16. The molecule has 1 atom stereocenters. The van der Waals surface area contributed by atoms with Gasteiger partial charge in [-0.2, -0.15) is 0 Å². The molecule has 2 aliphatic rings. The van der Waals surface area contributed by atoms with E-state index in [1.807, 2.05) is 54.5 Å². The van der Waals surface area contributed by atoms with Crippen LogP contribution in [0.15, 0.2) is 70.4 Å². The monoisotopic (exact) mass is 397 g/mol. The summed E-state index contributed by atoms with van der Waals surface area (Å²) in [4.78, 5) is 31.6. The Balaban J connectivity index is 2.02. The summed E-state index contributed by atoms with van der Waals surface area (Å²) >= 11 is 1.46. The second-order valence-corrected chi connectivity index (χ2v) is 7.16. The predicted octanol–water partition coefficient (Wildman–Crippen LogP) is 3.52. The van der Waals surface area contributed by atoms with Crippen molar-refractivity contribution in [2.24, 2.45) is 4.99 Å². The van der Waals surface area contributed by atoms with Crippen molar-refractivity contribution in [2.75, 3.05) is 13.2 Å². The number of amides is 1. The van der Waals surface area contributed by atoms with Crippen LogP contribution in [-0.2, 0) is 14.3 Å².